The van der Waals surface area contributed by atoms with Crippen LogP contribution >= 0.6 is 11.8 Å². The molecule has 3 nitrogen and oxygen atoms in total. The number of nitrogens with zero attached hydrogens (tertiary/aromatic N) is 1. The number of nitrogens with one attached hydrogen (secondary N) is 1. The van der Waals surface area contributed by atoms with Gasteiger partial charge in [-0.25, -0.2) is 0 Å². The normalized spacial score (nSPS) is 10.6. The number of aromatic nitrogens is 1. The number of aromatic hydroxyl groups is 1. The van der Waals surface area contributed by atoms with Gasteiger partial charge >= 0.3 is 0 Å². The SMILES string of the molecule is CSCCCCNCc1nc(C)ccc1O. The first-order valence-corrected chi connectivity index (χ1v) is 6.98. The summed E-state index contributed by atoms with van der Waals surface area (Å²) in [6, 6.07) is 3.52. The average Bonchev–Trinajstić information content (AvgIpc) is 2.28. The van der Waals surface area contributed by atoms with Crippen molar-refractivity contribution in [1.82, 2.24) is 10.3 Å². The van der Waals surface area contributed by atoms with Crippen LogP contribution in [0.4, 0.5) is 0 Å². The first-order chi connectivity index (χ1) is 7.74. The third-order valence-electron chi connectivity index (χ3n) is 2.33. The molecule has 0 aliphatic rings. The van der Waals surface area contributed by atoms with E-state index in [9.17, 15) is 5.11 Å². The second-order valence-electron chi connectivity index (χ2n) is 3.80. The molecule has 0 spiro atoms. The summed E-state index contributed by atoms with van der Waals surface area (Å²) in [7, 11) is 0. The van der Waals surface area contributed by atoms with Gasteiger partial charge in [0.25, 0.3) is 0 Å². The summed E-state index contributed by atoms with van der Waals surface area (Å²) in [6.45, 7) is 3.56. The van der Waals surface area contributed by atoms with Crippen molar-refractivity contribution in [2.24, 2.45) is 0 Å². The van der Waals surface area contributed by atoms with Crippen molar-refractivity contribution >= 4 is 11.8 Å². The van der Waals surface area contributed by atoms with Gasteiger partial charge in [-0.3, -0.25) is 4.98 Å². The van der Waals surface area contributed by atoms with Gasteiger partial charge in [-0.1, -0.05) is 0 Å². The van der Waals surface area contributed by atoms with Gasteiger partial charge in [-0.2, -0.15) is 11.8 Å². The van der Waals surface area contributed by atoms with Crippen molar-refractivity contribution in [3.63, 3.8) is 0 Å². The topological polar surface area (TPSA) is 45.2 Å². The minimum Gasteiger partial charge on any atom is -0.506 e. The highest BCUT2D eigenvalue weighted by atomic mass is 32.2. The van der Waals surface area contributed by atoms with Crippen LogP contribution < -0.4 is 5.32 Å². The zero-order valence-corrected chi connectivity index (χ0v) is 10.8. The Morgan fingerprint density at radius 2 is 2.19 bits per heavy atom. The smallest absolute Gasteiger partial charge is 0.138 e. The van der Waals surface area contributed by atoms with Crippen molar-refractivity contribution < 1.29 is 5.11 Å². The molecule has 0 aliphatic heterocycles. The third kappa shape index (κ3) is 4.86. The fourth-order valence-corrected chi connectivity index (χ4v) is 1.93. The summed E-state index contributed by atoms with van der Waals surface area (Å²) in [4.78, 5) is 4.29. The van der Waals surface area contributed by atoms with Crippen molar-refractivity contribution in [3.05, 3.63) is 23.5 Å². The standard InChI is InChI=1S/C12H20N2OS/c1-10-5-6-12(15)11(14-10)9-13-7-3-4-8-16-2/h5-6,13,15H,3-4,7-9H2,1-2H3. The number of aryl methyl sites for hydroxylation is 1. The molecule has 0 aliphatic carbocycles. The second-order valence-corrected chi connectivity index (χ2v) is 4.78. The van der Waals surface area contributed by atoms with Crippen LogP contribution in [0.5, 0.6) is 5.75 Å². The third-order valence-corrected chi connectivity index (χ3v) is 3.03. The molecule has 0 unspecified atom stereocenters. The molecule has 0 saturated carbocycles. The Hall–Kier alpha value is -0.740. The van der Waals surface area contributed by atoms with Crippen LogP contribution in [0.15, 0.2) is 12.1 Å². The second kappa shape index (κ2) is 7.52. The lowest BCUT2D eigenvalue weighted by molar-refractivity contribution is 0.458. The Labute approximate surface area is 102 Å². The van der Waals surface area contributed by atoms with Crippen LogP contribution in [-0.2, 0) is 6.54 Å². The highest BCUT2D eigenvalue weighted by Gasteiger charge is 2.01. The maximum atomic E-state index is 9.57. The average molecular weight is 240 g/mol. The van der Waals surface area contributed by atoms with Crippen molar-refractivity contribution in [3.8, 4) is 5.75 Å². The maximum absolute atomic E-state index is 9.57. The van der Waals surface area contributed by atoms with E-state index in [1.165, 1.54) is 18.6 Å². The zero-order valence-electron chi connectivity index (χ0n) is 9.99. The Morgan fingerprint density at radius 3 is 2.94 bits per heavy atom. The van der Waals surface area contributed by atoms with Crippen molar-refractivity contribution in [2.75, 3.05) is 18.6 Å². The molecule has 0 bridgehead atoms. The van der Waals surface area contributed by atoms with Gasteiger partial charge < -0.3 is 10.4 Å². The van der Waals surface area contributed by atoms with Crippen LogP contribution in [0.1, 0.15) is 24.2 Å². The van der Waals surface area contributed by atoms with Crippen molar-refractivity contribution in [2.45, 2.75) is 26.3 Å². The van der Waals surface area contributed by atoms with E-state index in [4.69, 9.17) is 0 Å². The van der Waals surface area contributed by atoms with E-state index in [0.29, 0.717) is 6.54 Å². The van der Waals surface area contributed by atoms with E-state index in [0.717, 1.165) is 17.9 Å². The number of pyridine rings is 1. The predicted octanol–water partition coefficient (Wildman–Crippen LogP) is 2.33. The molecule has 0 radical (unpaired) electrons. The summed E-state index contributed by atoms with van der Waals surface area (Å²) in [5.74, 6) is 1.50. The highest BCUT2D eigenvalue weighted by molar-refractivity contribution is 7.98. The highest BCUT2D eigenvalue weighted by Crippen LogP contribution is 2.13. The molecule has 0 aromatic carbocycles. The minimum absolute atomic E-state index is 0.280. The van der Waals surface area contributed by atoms with E-state index in [-0.39, 0.29) is 5.75 Å². The maximum Gasteiger partial charge on any atom is 0.138 e. The lowest BCUT2D eigenvalue weighted by Gasteiger charge is -2.06. The van der Waals surface area contributed by atoms with Gasteiger partial charge in [-0.05, 0) is 50.5 Å². The summed E-state index contributed by atoms with van der Waals surface area (Å²) < 4.78 is 0. The Balaban J connectivity index is 2.23. The quantitative estimate of drug-likeness (QED) is 0.718. The van der Waals surface area contributed by atoms with Crippen LogP contribution in [0.2, 0.25) is 0 Å². The number of rotatable bonds is 7. The predicted molar refractivity (Wildman–Crippen MR) is 70.0 cm³/mol. The molecule has 0 fully saturated rings. The number of hydrogen-bond acceptors (Lipinski definition) is 4. The van der Waals surface area contributed by atoms with Gasteiger partial charge in [0, 0.05) is 12.2 Å². The fraction of sp³-hybridized carbons (Fsp3) is 0.583. The molecule has 0 amide bonds. The van der Waals surface area contributed by atoms with E-state index in [1.807, 2.05) is 24.8 Å². The molecule has 90 valence electrons. The van der Waals surface area contributed by atoms with E-state index >= 15 is 0 Å². The number of hydrogen-bond donors (Lipinski definition) is 2. The van der Waals surface area contributed by atoms with Crippen LogP contribution in [0.3, 0.4) is 0 Å². The molecule has 1 aromatic rings. The number of unbranched alkanes of at least 4 members (excludes halogenated alkanes) is 1. The van der Waals surface area contributed by atoms with E-state index < -0.39 is 0 Å². The Morgan fingerprint density at radius 1 is 1.38 bits per heavy atom. The van der Waals surface area contributed by atoms with Gasteiger partial charge in [-0.15, -0.1) is 0 Å². The van der Waals surface area contributed by atoms with Crippen LogP contribution in [-0.4, -0.2) is 28.6 Å². The minimum atomic E-state index is 0.280. The van der Waals surface area contributed by atoms with E-state index in [1.54, 1.807) is 6.07 Å². The first kappa shape index (κ1) is 13.3. The fourth-order valence-electron chi connectivity index (χ4n) is 1.44. The molecule has 4 heteroatoms. The van der Waals surface area contributed by atoms with E-state index in [2.05, 4.69) is 16.6 Å². The zero-order chi connectivity index (χ0) is 11.8. The molecule has 0 atom stereocenters. The molecule has 1 heterocycles. The summed E-state index contributed by atoms with van der Waals surface area (Å²) in [6.07, 6.45) is 4.54. The lowest BCUT2D eigenvalue weighted by atomic mass is 10.2. The molecule has 0 saturated heterocycles. The molecular formula is C12H20N2OS. The van der Waals surface area contributed by atoms with Gasteiger partial charge in [0.15, 0.2) is 0 Å². The molecule has 1 rings (SSSR count). The Kier molecular flexibility index (Phi) is 6.26. The first-order valence-electron chi connectivity index (χ1n) is 5.59. The van der Waals surface area contributed by atoms with Gasteiger partial charge in [0.05, 0.1) is 5.69 Å². The van der Waals surface area contributed by atoms with Crippen molar-refractivity contribution in [1.29, 1.82) is 0 Å². The number of thioether (sulfide) groups is 1. The Bertz CT molecular complexity index is 318. The van der Waals surface area contributed by atoms with Gasteiger partial charge in [0.2, 0.25) is 0 Å². The molecular weight excluding hydrogens is 220 g/mol. The largest absolute Gasteiger partial charge is 0.506 e. The summed E-state index contributed by atoms with van der Waals surface area (Å²) in [5.41, 5.74) is 1.68. The van der Waals surface area contributed by atoms with Crippen LogP contribution in [0.25, 0.3) is 0 Å². The van der Waals surface area contributed by atoms with Crippen LogP contribution in [0, 0.1) is 6.92 Å². The summed E-state index contributed by atoms with van der Waals surface area (Å²) >= 11 is 1.88. The summed E-state index contributed by atoms with van der Waals surface area (Å²) in [5, 5.41) is 12.9. The molecule has 2 N–H and O–H groups in total. The lowest BCUT2D eigenvalue weighted by Crippen LogP contribution is -2.16. The monoisotopic (exact) mass is 240 g/mol. The molecule has 1 aromatic heterocycles. The molecule has 16 heavy (non-hydrogen) atoms. The van der Waals surface area contributed by atoms with Gasteiger partial charge in [0.1, 0.15) is 5.75 Å².